The molecule has 0 saturated carbocycles. The van der Waals surface area contributed by atoms with Gasteiger partial charge in [-0.3, -0.25) is 4.79 Å². The van der Waals surface area contributed by atoms with Crippen molar-refractivity contribution in [3.63, 3.8) is 0 Å². The molecule has 1 amide bonds. The Morgan fingerprint density at radius 3 is 2.67 bits per heavy atom. The molecule has 30 heavy (non-hydrogen) atoms. The lowest BCUT2D eigenvalue weighted by Crippen LogP contribution is -2.18. The number of halogens is 4. The third-order valence-electron chi connectivity index (χ3n) is 4.29. The van der Waals surface area contributed by atoms with Gasteiger partial charge in [-0.05, 0) is 30.5 Å². The number of amides is 1. The minimum atomic E-state index is -4.92. The van der Waals surface area contributed by atoms with E-state index in [9.17, 15) is 26.6 Å². The molecule has 0 bridgehead atoms. The Labute approximate surface area is 173 Å². The number of benzene rings is 1. The predicted molar refractivity (Wildman–Crippen MR) is 105 cm³/mol. The highest BCUT2D eigenvalue weighted by Crippen LogP contribution is 2.34. The number of nitrogens with two attached hydrogens (primary N) is 1. The zero-order valence-electron chi connectivity index (χ0n) is 16.3. The van der Waals surface area contributed by atoms with Crippen molar-refractivity contribution in [2.75, 3.05) is 11.9 Å². The molecule has 1 aromatic carbocycles. The van der Waals surface area contributed by atoms with Crippen molar-refractivity contribution in [1.29, 1.82) is 0 Å². The van der Waals surface area contributed by atoms with Crippen LogP contribution in [0.25, 0.3) is 0 Å². The highest BCUT2D eigenvalue weighted by Gasteiger charge is 2.34. The summed E-state index contributed by atoms with van der Waals surface area (Å²) in [6.45, 7) is 5.73. The number of rotatable bonds is 8. The van der Waals surface area contributed by atoms with Crippen LogP contribution in [-0.2, 0) is 24.2 Å². The number of hydrogen-bond donors (Lipinski definition) is 2. The van der Waals surface area contributed by atoms with Crippen molar-refractivity contribution in [3.05, 3.63) is 54.1 Å². The van der Waals surface area contributed by atoms with Crippen LogP contribution in [0, 0.1) is 11.7 Å². The van der Waals surface area contributed by atoms with Crippen molar-refractivity contribution in [2.45, 2.75) is 24.4 Å². The van der Waals surface area contributed by atoms with Crippen molar-refractivity contribution in [2.24, 2.45) is 18.1 Å². The van der Waals surface area contributed by atoms with Gasteiger partial charge in [-0.2, -0.15) is 13.2 Å². The number of ether oxygens (including phenoxy) is 1. The molecule has 0 aliphatic rings. The first-order valence-corrected chi connectivity index (χ1v) is 9.96. The zero-order chi connectivity index (χ0) is 22.6. The maximum absolute atomic E-state index is 13.5. The molecule has 0 aliphatic carbocycles. The van der Waals surface area contributed by atoms with E-state index in [0.29, 0.717) is 18.6 Å². The first-order chi connectivity index (χ1) is 14.0. The average molecular weight is 447 g/mol. The molecular formula is C19H21F4N3O3S. The molecule has 2 unspecified atom stereocenters. The number of allylic oxidation sites excluding steroid dienone is 1. The number of carbonyl (C=O) groups is 1. The lowest BCUT2D eigenvalue weighted by Gasteiger charge is -2.13. The van der Waals surface area contributed by atoms with E-state index in [2.05, 4.69) is 11.9 Å². The molecule has 1 heterocycles. The minimum Gasteiger partial charge on any atom is -0.490 e. The molecule has 0 aliphatic heterocycles. The van der Waals surface area contributed by atoms with Gasteiger partial charge < -0.3 is 14.6 Å². The Morgan fingerprint density at radius 1 is 1.43 bits per heavy atom. The van der Waals surface area contributed by atoms with Crippen LogP contribution in [0.1, 0.15) is 29.4 Å². The summed E-state index contributed by atoms with van der Waals surface area (Å²) < 4.78 is 71.0. The average Bonchev–Trinajstić information content (AvgIpc) is 2.98. The van der Waals surface area contributed by atoms with Crippen LogP contribution in [-0.4, -0.2) is 21.3 Å². The van der Waals surface area contributed by atoms with Crippen LogP contribution >= 0.6 is 0 Å². The standard InChI is InChI=1S/C19H21F4N3O3S/c1-4-11(2)7-8-29-17-15(30(24)28)10-26(3)16(17)18(27)25-12-5-6-14(20)13(9-12)19(21,22)23/h4-6,9-11H,1,7-8,24H2,2-3H3,(H,25,27). The Morgan fingerprint density at radius 2 is 2.10 bits per heavy atom. The van der Waals surface area contributed by atoms with Crippen LogP contribution < -0.4 is 15.2 Å². The lowest BCUT2D eigenvalue weighted by molar-refractivity contribution is -0.139. The number of nitrogens with one attached hydrogen (secondary N) is 1. The molecule has 1 aromatic heterocycles. The molecule has 2 aromatic rings. The monoisotopic (exact) mass is 447 g/mol. The van der Waals surface area contributed by atoms with Gasteiger partial charge in [0.25, 0.3) is 5.91 Å². The van der Waals surface area contributed by atoms with Gasteiger partial charge in [0.1, 0.15) is 21.7 Å². The predicted octanol–water partition coefficient (Wildman–Crippen LogP) is 4.01. The maximum atomic E-state index is 13.5. The summed E-state index contributed by atoms with van der Waals surface area (Å²) in [7, 11) is -0.503. The first-order valence-electron chi connectivity index (χ1n) is 8.74. The summed E-state index contributed by atoms with van der Waals surface area (Å²) >= 11 is 0. The summed E-state index contributed by atoms with van der Waals surface area (Å²) in [6.07, 6.45) is -1.31. The van der Waals surface area contributed by atoms with Gasteiger partial charge in [0.05, 0.1) is 12.2 Å². The van der Waals surface area contributed by atoms with Crippen LogP contribution in [0.4, 0.5) is 23.2 Å². The Kier molecular flexibility index (Phi) is 7.43. The normalized spacial score (nSPS) is 13.6. The minimum absolute atomic E-state index is 0.0368. The Balaban J connectivity index is 2.35. The molecule has 2 rings (SSSR count). The van der Waals surface area contributed by atoms with Crippen molar-refractivity contribution >= 4 is 22.6 Å². The molecule has 11 heteroatoms. The van der Waals surface area contributed by atoms with Crippen LogP contribution in [0.3, 0.4) is 0 Å². The first kappa shape index (κ1) is 23.6. The number of nitrogens with zero attached hydrogens (tertiary/aromatic N) is 1. The van der Waals surface area contributed by atoms with E-state index in [4.69, 9.17) is 9.88 Å². The van der Waals surface area contributed by atoms with Gasteiger partial charge in [-0.25, -0.2) is 13.7 Å². The van der Waals surface area contributed by atoms with Crippen molar-refractivity contribution < 1.29 is 31.3 Å². The molecule has 3 N–H and O–H groups in total. The van der Waals surface area contributed by atoms with E-state index in [0.717, 1.165) is 6.07 Å². The van der Waals surface area contributed by atoms with Gasteiger partial charge in [0.15, 0.2) is 11.4 Å². The second-order valence-electron chi connectivity index (χ2n) is 6.58. The highest BCUT2D eigenvalue weighted by molar-refractivity contribution is 7.82. The largest absolute Gasteiger partial charge is 0.490 e. The fraction of sp³-hybridized carbons (Fsp3) is 0.316. The van der Waals surface area contributed by atoms with Crippen LogP contribution in [0.15, 0.2) is 41.9 Å². The second-order valence-corrected chi connectivity index (χ2v) is 7.61. The molecule has 6 nitrogen and oxygen atoms in total. The van der Waals surface area contributed by atoms with E-state index in [-0.39, 0.29) is 34.6 Å². The van der Waals surface area contributed by atoms with Crippen LogP contribution in [0.2, 0.25) is 0 Å². The molecule has 0 fully saturated rings. The van der Waals surface area contributed by atoms with Crippen molar-refractivity contribution in [3.8, 4) is 5.75 Å². The maximum Gasteiger partial charge on any atom is 0.419 e. The van der Waals surface area contributed by atoms with Gasteiger partial charge in [0, 0.05) is 18.9 Å². The van der Waals surface area contributed by atoms with Gasteiger partial charge in [-0.1, -0.05) is 13.0 Å². The number of carbonyl (C=O) groups excluding carboxylic acids is 1. The second kappa shape index (κ2) is 9.43. The highest BCUT2D eigenvalue weighted by atomic mass is 32.2. The molecule has 2 atom stereocenters. The fourth-order valence-electron chi connectivity index (χ4n) is 2.60. The van der Waals surface area contributed by atoms with Gasteiger partial charge in [0.2, 0.25) is 0 Å². The summed E-state index contributed by atoms with van der Waals surface area (Å²) in [5, 5.41) is 7.74. The summed E-state index contributed by atoms with van der Waals surface area (Å²) in [4.78, 5) is 12.8. The Bertz CT molecular complexity index is 973. The summed E-state index contributed by atoms with van der Waals surface area (Å²) in [5.74, 6) is -2.20. The topological polar surface area (TPSA) is 86.3 Å². The summed E-state index contributed by atoms with van der Waals surface area (Å²) in [6, 6.07) is 2.10. The summed E-state index contributed by atoms with van der Waals surface area (Å²) in [5.41, 5.74) is -1.87. The van der Waals surface area contributed by atoms with E-state index in [1.165, 1.54) is 17.8 Å². The van der Waals surface area contributed by atoms with E-state index >= 15 is 0 Å². The zero-order valence-corrected chi connectivity index (χ0v) is 17.1. The smallest absolute Gasteiger partial charge is 0.419 e. The van der Waals surface area contributed by atoms with E-state index in [1.807, 2.05) is 6.92 Å². The molecule has 164 valence electrons. The molecule has 0 radical (unpaired) electrons. The third kappa shape index (κ3) is 5.48. The molecule has 0 spiro atoms. The van der Waals surface area contributed by atoms with E-state index in [1.54, 1.807) is 6.08 Å². The van der Waals surface area contributed by atoms with Gasteiger partial charge >= 0.3 is 6.18 Å². The number of aromatic nitrogens is 1. The number of anilines is 1. The number of aryl methyl sites for hydroxylation is 1. The van der Waals surface area contributed by atoms with E-state index < -0.39 is 34.4 Å². The number of hydrogen-bond acceptors (Lipinski definition) is 3. The fourth-order valence-corrected chi connectivity index (χ4v) is 3.20. The third-order valence-corrected chi connectivity index (χ3v) is 5.01. The Hall–Kier alpha value is -2.66. The van der Waals surface area contributed by atoms with Crippen LogP contribution in [0.5, 0.6) is 5.75 Å². The number of alkyl halides is 3. The molecular weight excluding hydrogens is 426 g/mol. The van der Waals surface area contributed by atoms with Gasteiger partial charge in [-0.15, -0.1) is 6.58 Å². The lowest BCUT2D eigenvalue weighted by atomic mass is 10.1. The SMILES string of the molecule is C=CC(C)CCOc1c(S(N)=O)cn(C)c1C(=O)Nc1ccc(F)c(C(F)(F)F)c1. The molecule has 0 saturated heterocycles. The van der Waals surface area contributed by atoms with Crippen molar-refractivity contribution in [1.82, 2.24) is 4.57 Å². The quantitative estimate of drug-likeness (QED) is 0.474.